The van der Waals surface area contributed by atoms with Gasteiger partial charge in [-0.3, -0.25) is 9.59 Å². The van der Waals surface area contributed by atoms with Crippen molar-refractivity contribution >= 4 is 11.8 Å². The van der Waals surface area contributed by atoms with E-state index in [-0.39, 0.29) is 30.3 Å². The fraction of sp³-hybridized carbons (Fsp3) is 0.714. The third-order valence-electron chi connectivity index (χ3n) is 2.16. The summed E-state index contributed by atoms with van der Waals surface area (Å²) in [6, 6.07) is -0.375. The second kappa shape index (κ2) is 2.75. The molecule has 2 fully saturated rings. The molecule has 0 aromatic carbocycles. The van der Waals surface area contributed by atoms with E-state index in [2.05, 4.69) is 10.6 Å². The molecule has 0 bridgehead atoms. The smallest absolute Gasteiger partial charge is 0.243 e. The molecule has 5 heteroatoms. The Kier molecular flexibility index (Phi) is 1.73. The molecule has 2 N–H and O–H groups in total. The first-order valence-electron chi connectivity index (χ1n) is 3.92. The molecule has 1 atom stereocenters. The normalized spacial score (nSPS) is 30.5. The molecule has 66 valence electrons. The fourth-order valence-corrected chi connectivity index (χ4v) is 1.35. The van der Waals surface area contributed by atoms with Gasteiger partial charge in [-0.05, 0) is 0 Å². The molecule has 0 aliphatic carbocycles. The largest absolute Gasteiger partial charge is 0.380 e. The predicted octanol–water partition coefficient (Wildman–Crippen LogP) is -1.75. The summed E-state index contributed by atoms with van der Waals surface area (Å²) in [7, 11) is 0. The Labute approximate surface area is 69.5 Å². The number of rotatable bonds is 1. The summed E-state index contributed by atoms with van der Waals surface area (Å²) >= 11 is 0. The van der Waals surface area contributed by atoms with Crippen LogP contribution >= 0.6 is 0 Å². The topological polar surface area (TPSA) is 67.4 Å². The van der Waals surface area contributed by atoms with E-state index in [1.165, 1.54) is 0 Å². The SMILES string of the molecule is O=C1CNC(=O)C(C2COC2)N1. The van der Waals surface area contributed by atoms with E-state index >= 15 is 0 Å². The number of carbonyl (C=O) groups is 2. The first kappa shape index (κ1) is 7.54. The van der Waals surface area contributed by atoms with Crippen LogP contribution in [0, 0.1) is 5.92 Å². The van der Waals surface area contributed by atoms with Crippen molar-refractivity contribution in [2.24, 2.45) is 5.92 Å². The molecule has 0 saturated carbocycles. The molecule has 2 saturated heterocycles. The monoisotopic (exact) mass is 170 g/mol. The minimum absolute atomic E-state index is 0.0945. The summed E-state index contributed by atoms with van der Waals surface area (Å²) in [5, 5.41) is 5.16. The number of piperazine rings is 1. The zero-order valence-corrected chi connectivity index (χ0v) is 6.50. The molecule has 2 amide bonds. The Morgan fingerprint density at radius 2 is 2.08 bits per heavy atom. The first-order valence-corrected chi connectivity index (χ1v) is 3.92. The molecule has 2 aliphatic rings. The van der Waals surface area contributed by atoms with Gasteiger partial charge in [-0.25, -0.2) is 0 Å². The molecular weight excluding hydrogens is 160 g/mol. The number of ether oxygens (including phenoxy) is 1. The van der Waals surface area contributed by atoms with Crippen molar-refractivity contribution in [3.63, 3.8) is 0 Å². The van der Waals surface area contributed by atoms with Gasteiger partial charge < -0.3 is 15.4 Å². The lowest BCUT2D eigenvalue weighted by Crippen LogP contribution is -2.62. The van der Waals surface area contributed by atoms with Gasteiger partial charge in [-0.2, -0.15) is 0 Å². The van der Waals surface area contributed by atoms with Crippen molar-refractivity contribution in [2.75, 3.05) is 19.8 Å². The lowest BCUT2D eigenvalue weighted by Gasteiger charge is -2.35. The van der Waals surface area contributed by atoms with E-state index < -0.39 is 0 Å². The van der Waals surface area contributed by atoms with Crippen LogP contribution in [0.5, 0.6) is 0 Å². The minimum atomic E-state index is -0.375. The van der Waals surface area contributed by atoms with Crippen LogP contribution in [-0.4, -0.2) is 37.6 Å². The van der Waals surface area contributed by atoms with Gasteiger partial charge in [0.05, 0.1) is 19.8 Å². The summed E-state index contributed by atoms with van der Waals surface area (Å²) in [6.45, 7) is 1.24. The number of carbonyl (C=O) groups excluding carboxylic acids is 2. The zero-order valence-electron chi connectivity index (χ0n) is 6.50. The van der Waals surface area contributed by atoms with E-state index in [9.17, 15) is 9.59 Å². The highest BCUT2D eigenvalue weighted by Gasteiger charge is 2.37. The quantitative estimate of drug-likeness (QED) is 0.490. The Balaban J connectivity index is 2.00. The second-order valence-corrected chi connectivity index (χ2v) is 3.06. The van der Waals surface area contributed by atoms with Crippen LogP contribution in [0.1, 0.15) is 0 Å². The van der Waals surface area contributed by atoms with Gasteiger partial charge in [0.1, 0.15) is 6.04 Å². The van der Waals surface area contributed by atoms with Crippen molar-refractivity contribution < 1.29 is 14.3 Å². The molecule has 0 aromatic rings. The van der Waals surface area contributed by atoms with Gasteiger partial charge in [0, 0.05) is 5.92 Å². The standard InChI is InChI=1S/C7H10N2O3/c10-5-1-8-7(11)6(9-5)4-2-12-3-4/h4,6H,1-3H2,(H,8,11)(H,9,10). The molecule has 0 spiro atoms. The van der Waals surface area contributed by atoms with Crippen LogP contribution in [0.2, 0.25) is 0 Å². The highest BCUT2D eigenvalue weighted by molar-refractivity contribution is 5.94. The fourth-order valence-electron chi connectivity index (χ4n) is 1.35. The molecule has 2 heterocycles. The van der Waals surface area contributed by atoms with Gasteiger partial charge in [0.2, 0.25) is 11.8 Å². The maximum atomic E-state index is 11.2. The summed E-state index contributed by atoms with van der Waals surface area (Å²) in [4.78, 5) is 22.1. The van der Waals surface area contributed by atoms with Crippen molar-refractivity contribution in [3.8, 4) is 0 Å². The van der Waals surface area contributed by atoms with E-state index in [4.69, 9.17) is 4.74 Å². The summed E-state index contributed by atoms with van der Waals surface area (Å²) < 4.78 is 4.94. The van der Waals surface area contributed by atoms with Gasteiger partial charge in [-0.15, -0.1) is 0 Å². The van der Waals surface area contributed by atoms with E-state index in [0.717, 1.165) is 0 Å². The molecule has 12 heavy (non-hydrogen) atoms. The van der Waals surface area contributed by atoms with Crippen molar-refractivity contribution in [2.45, 2.75) is 6.04 Å². The predicted molar refractivity (Wildman–Crippen MR) is 39.2 cm³/mol. The Bertz CT molecular complexity index is 225. The van der Waals surface area contributed by atoms with Crippen LogP contribution in [0.15, 0.2) is 0 Å². The average molecular weight is 170 g/mol. The Hall–Kier alpha value is -1.10. The molecule has 5 nitrogen and oxygen atoms in total. The third-order valence-corrected chi connectivity index (χ3v) is 2.16. The summed E-state index contributed by atoms with van der Waals surface area (Å²) in [6.07, 6.45) is 0. The zero-order chi connectivity index (χ0) is 8.55. The van der Waals surface area contributed by atoms with Gasteiger partial charge >= 0.3 is 0 Å². The number of hydrogen-bond donors (Lipinski definition) is 2. The van der Waals surface area contributed by atoms with E-state index in [1.807, 2.05) is 0 Å². The number of amides is 2. The number of hydrogen-bond acceptors (Lipinski definition) is 3. The summed E-state index contributed by atoms with van der Waals surface area (Å²) in [5.74, 6) is -0.0522. The second-order valence-electron chi connectivity index (χ2n) is 3.06. The molecule has 1 unspecified atom stereocenters. The van der Waals surface area contributed by atoms with Gasteiger partial charge in [0.15, 0.2) is 0 Å². The molecule has 0 radical (unpaired) electrons. The lowest BCUT2D eigenvalue weighted by molar-refractivity contribution is -0.141. The van der Waals surface area contributed by atoms with E-state index in [0.29, 0.717) is 13.2 Å². The highest BCUT2D eigenvalue weighted by Crippen LogP contribution is 2.15. The summed E-state index contributed by atoms with van der Waals surface area (Å²) in [5.41, 5.74) is 0. The van der Waals surface area contributed by atoms with Crippen molar-refractivity contribution in [1.29, 1.82) is 0 Å². The third kappa shape index (κ3) is 1.16. The van der Waals surface area contributed by atoms with Crippen LogP contribution in [0.3, 0.4) is 0 Å². The molecule has 2 rings (SSSR count). The maximum absolute atomic E-state index is 11.2. The maximum Gasteiger partial charge on any atom is 0.243 e. The van der Waals surface area contributed by atoms with E-state index in [1.54, 1.807) is 0 Å². The molecule has 2 aliphatic heterocycles. The van der Waals surface area contributed by atoms with Crippen LogP contribution in [0.4, 0.5) is 0 Å². The lowest BCUT2D eigenvalue weighted by atomic mass is 9.96. The van der Waals surface area contributed by atoms with Gasteiger partial charge in [0.25, 0.3) is 0 Å². The van der Waals surface area contributed by atoms with Gasteiger partial charge in [-0.1, -0.05) is 0 Å². The minimum Gasteiger partial charge on any atom is -0.380 e. The number of nitrogens with one attached hydrogen (secondary N) is 2. The van der Waals surface area contributed by atoms with Crippen molar-refractivity contribution in [3.05, 3.63) is 0 Å². The molecule has 0 aromatic heterocycles. The average Bonchev–Trinajstić information content (AvgIpc) is 1.93. The Morgan fingerprint density at radius 1 is 1.33 bits per heavy atom. The van der Waals surface area contributed by atoms with Crippen molar-refractivity contribution in [1.82, 2.24) is 10.6 Å². The van der Waals surface area contributed by atoms with Crippen LogP contribution < -0.4 is 10.6 Å². The first-order chi connectivity index (χ1) is 5.77. The Morgan fingerprint density at radius 3 is 2.67 bits per heavy atom. The highest BCUT2D eigenvalue weighted by atomic mass is 16.5. The van der Waals surface area contributed by atoms with Crippen LogP contribution in [-0.2, 0) is 14.3 Å². The van der Waals surface area contributed by atoms with Crippen LogP contribution in [0.25, 0.3) is 0 Å². The molecular formula is C7H10N2O3.